The van der Waals surface area contributed by atoms with Crippen molar-refractivity contribution in [2.75, 3.05) is 25.4 Å². The molecule has 27 heavy (non-hydrogen) atoms. The number of nitrogens with zero attached hydrogens (tertiary/aromatic N) is 2. The van der Waals surface area contributed by atoms with Crippen LogP contribution in [0.25, 0.3) is 11.1 Å². The Hall–Kier alpha value is -3.92. The number of amides is 1. The molecule has 0 radical (unpaired) electrons. The molecule has 1 amide bonds. The first-order valence-corrected chi connectivity index (χ1v) is 8.08. The van der Waals surface area contributed by atoms with Crippen molar-refractivity contribution in [1.82, 2.24) is 4.68 Å². The Balaban J connectivity index is 1.93. The maximum Gasteiger partial charge on any atom is 0.270 e. The van der Waals surface area contributed by atoms with Gasteiger partial charge in [0, 0.05) is 17.3 Å². The van der Waals surface area contributed by atoms with Crippen LogP contribution in [0.1, 0.15) is 15.9 Å². The van der Waals surface area contributed by atoms with E-state index in [1.807, 2.05) is 30.3 Å². The number of nitrogen functional groups attached to an aromatic ring is 1. The third kappa shape index (κ3) is 3.41. The van der Waals surface area contributed by atoms with Gasteiger partial charge in [-0.1, -0.05) is 30.3 Å². The summed E-state index contributed by atoms with van der Waals surface area (Å²) in [6.45, 7) is 0. The highest BCUT2D eigenvalue weighted by Gasteiger charge is 2.17. The molecule has 0 bridgehead atoms. The maximum atomic E-state index is 12.6. The third-order valence-electron chi connectivity index (χ3n) is 4.11. The molecule has 0 aliphatic heterocycles. The lowest BCUT2D eigenvalue weighted by atomic mass is 10.1. The molecule has 3 aromatic rings. The molecule has 0 atom stereocenters. The largest absolute Gasteiger partial charge is 0.493 e. The lowest BCUT2D eigenvalue weighted by molar-refractivity contribution is 0.101. The number of carbonyl (C=O) groups excluding carboxylic acids is 1. The van der Waals surface area contributed by atoms with Gasteiger partial charge in [0.1, 0.15) is 17.5 Å². The molecule has 0 saturated carbocycles. The van der Waals surface area contributed by atoms with Crippen LogP contribution in [0.5, 0.6) is 11.5 Å². The van der Waals surface area contributed by atoms with E-state index in [4.69, 9.17) is 15.2 Å². The second-order valence-corrected chi connectivity index (χ2v) is 5.66. The van der Waals surface area contributed by atoms with E-state index in [9.17, 15) is 10.1 Å². The van der Waals surface area contributed by atoms with Gasteiger partial charge < -0.3 is 15.2 Å². The zero-order valence-electron chi connectivity index (χ0n) is 14.9. The van der Waals surface area contributed by atoms with Crippen LogP contribution >= 0.6 is 0 Å². The van der Waals surface area contributed by atoms with Crippen molar-refractivity contribution < 1.29 is 14.3 Å². The van der Waals surface area contributed by atoms with E-state index in [0.717, 1.165) is 5.56 Å². The Morgan fingerprint density at radius 1 is 1.11 bits per heavy atom. The Morgan fingerprint density at radius 2 is 1.81 bits per heavy atom. The number of carbonyl (C=O) groups is 1. The summed E-state index contributed by atoms with van der Waals surface area (Å²) in [5, 5.41) is 9.46. The summed E-state index contributed by atoms with van der Waals surface area (Å²) in [6, 6.07) is 16.3. The molecule has 7 heteroatoms. The van der Waals surface area contributed by atoms with Crippen LogP contribution < -0.4 is 20.6 Å². The number of anilines is 1. The minimum Gasteiger partial charge on any atom is -0.493 e. The molecule has 7 nitrogen and oxygen atoms in total. The summed E-state index contributed by atoms with van der Waals surface area (Å²) in [6.07, 6.45) is 1.63. The lowest BCUT2D eigenvalue weighted by Crippen LogP contribution is -2.23. The number of nitrogens with two attached hydrogens (primary N) is 1. The van der Waals surface area contributed by atoms with Gasteiger partial charge in [-0.2, -0.15) is 5.26 Å². The van der Waals surface area contributed by atoms with E-state index < -0.39 is 5.91 Å². The van der Waals surface area contributed by atoms with Crippen molar-refractivity contribution in [3.63, 3.8) is 0 Å². The van der Waals surface area contributed by atoms with Crippen molar-refractivity contribution in [2.45, 2.75) is 0 Å². The van der Waals surface area contributed by atoms with E-state index >= 15 is 0 Å². The van der Waals surface area contributed by atoms with Gasteiger partial charge in [-0.15, -0.1) is 0 Å². The molecule has 1 heterocycles. The van der Waals surface area contributed by atoms with E-state index in [0.29, 0.717) is 28.2 Å². The van der Waals surface area contributed by atoms with Crippen molar-refractivity contribution >= 4 is 11.7 Å². The molecule has 3 N–H and O–H groups in total. The topological polar surface area (TPSA) is 102 Å². The third-order valence-corrected chi connectivity index (χ3v) is 4.11. The Bertz CT molecular complexity index is 1020. The highest BCUT2D eigenvalue weighted by molar-refractivity contribution is 6.01. The minimum atomic E-state index is -0.401. The van der Waals surface area contributed by atoms with Gasteiger partial charge in [0.15, 0.2) is 11.5 Å². The van der Waals surface area contributed by atoms with Crippen molar-refractivity contribution in [3.8, 4) is 28.7 Å². The predicted octanol–water partition coefficient (Wildman–Crippen LogP) is 3.01. The molecule has 2 aromatic carbocycles. The van der Waals surface area contributed by atoms with Crippen LogP contribution in [0.15, 0.2) is 54.7 Å². The number of nitrogens with one attached hydrogen (secondary N) is 1. The molecule has 3 rings (SSSR count). The van der Waals surface area contributed by atoms with Gasteiger partial charge in [0.25, 0.3) is 5.91 Å². The van der Waals surface area contributed by atoms with Crippen molar-refractivity contribution in [3.05, 3.63) is 65.9 Å². The molecule has 1 aromatic heterocycles. The van der Waals surface area contributed by atoms with Crippen LogP contribution in [0, 0.1) is 11.3 Å². The zero-order valence-corrected chi connectivity index (χ0v) is 14.9. The Labute approximate surface area is 156 Å². The molecule has 0 fully saturated rings. The van der Waals surface area contributed by atoms with Gasteiger partial charge in [0.05, 0.1) is 14.2 Å². The number of benzene rings is 2. The molecular formula is C20H18N4O3. The van der Waals surface area contributed by atoms with Crippen molar-refractivity contribution in [2.24, 2.45) is 0 Å². The second-order valence-electron chi connectivity index (χ2n) is 5.66. The first-order chi connectivity index (χ1) is 13.1. The number of nitriles is 1. The summed E-state index contributed by atoms with van der Waals surface area (Å²) in [7, 11) is 3.02. The molecule has 136 valence electrons. The highest BCUT2D eigenvalue weighted by atomic mass is 16.5. The molecule has 0 saturated heterocycles. The summed E-state index contributed by atoms with van der Waals surface area (Å²) in [5.41, 5.74) is 10.9. The molecule has 0 unspecified atom stereocenters. The standard InChI is InChI=1S/C20H18N4O3/c1-26-17-9-8-14(10-18(17)27-2)20(25)23-24-12-16(15(11-21)19(24)22)13-6-4-3-5-7-13/h3-10,12H,22H2,1-2H3,(H,23,25). The highest BCUT2D eigenvalue weighted by Crippen LogP contribution is 2.30. The number of aromatic nitrogens is 1. The number of hydrogen-bond donors (Lipinski definition) is 2. The summed E-state index contributed by atoms with van der Waals surface area (Å²) in [5.74, 6) is 0.716. The van der Waals surface area contributed by atoms with Gasteiger partial charge in [0.2, 0.25) is 0 Å². The number of hydrogen-bond acceptors (Lipinski definition) is 5. The van der Waals surface area contributed by atoms with E-state index in [-0.39, 0.29) is 5.82 Å². The lowest BCUT2D eigenvalue weighted by Gasteiger charge is -2.11. The van der Waals surface area contributed by atoms with Crippen molar-refractivity contribution in [1.29, 1.82) is 5.26 Å². The van der Waals surface area contributed by atoms with Crippen LogP contribution in [0.4, 0.5) is 5.82 Å². The van der Waals surface area contributed by atoms with Gasteiger partial charge in [-0.25, -0.2) is 4.68 Å². The number of methoxy groups -OCH3 is 2. The number of rotatable bonds is 5. The quantitative estimate of drug-likeness (QED) is 0.726. The maximum absolute atomic E-state index is 12.6. The van der Waals surface area contributed by atoms with Crippen LogP contribution in [-0.2, 0) is 0 Å². The average molecular weight is 362 g/mol. The van der Waals surface area contributed by atoms with Crippen LogP contribution in [-0.4, -0.2) is 24.8 Å². The summed E-state index contributed by atoms with van der Waals surface area (Å²) in [4.78, 5) is 12.6. The summed E-state index contributed by atoms with van der Waals surface area (Å²) < 4.78 is 11.7. The average Bonchev–Trinajstić information content (AvgIpc) is 3.03. The zero-order chi connectivity index (χ0) is 19.4. The van der Waals surface area contributed by atoms with E-state index in [2.05, 4.69) is 11.5 Å². The predicted molar refractivity (Wildman–Crippen MR) is 102 cm³/mol. The SMILES string of the molecule is COc1ccc(C(=O)Nn2cc(-c3ccccc3)c(C#N)c2N)cc1OC. The molecule has 0 aliphatic rings. The Kier molecular flexibility index (Phi) is 4.99. The first kappa shape index (κ1) is 17.9. The minimum absolute atomic E-state index is 0.158. The fourth-order valence-corrected chi connectivity index (χ4v) is 2.72. The monoisotopic (exact) mass is 362 g/mol. The van der Waals surface area contributed by atoms with E-state index in [1.54, 1.807) is 24.4 Å². The molecular weight excluding hydrogens is 344 g/mol. The van der Waals surface area contributed by atoms with E-state index in [1.165, 1.54) is 18.9 Å². The normalized spacial score (nSPS) is 10.1. The Morgan fingerprint density at radius 3 is 2.44 bits per heavy atom. The first-order valence-electron chi connectivity index (χ1n) is 8.08. The van der Waals surface area contributed by atoms with Crippen LogP contribution in [0.3, 0.4) is 0 Å². The summed E-state index contributed by atoms with van der Waals surface area (Å²) >= 11 is 0. The number of ether oxygens (including phenoxy) is 2. The van der Waals surface area contributed by atoms with Crippen LogP contribution in [0.2, 0.25) is 0 Å². The van der Waals surface area contributed by atoms with Gasteiger partial charge >= 0.3 is 0 Å². The fourth-order valence-electron chi connectivity index (χ4n) is 2.72. The molecule has 0 aliphatic carbocycles. The smallest absolute Gasteiger partial charge is 0.270 e. The second kappa shape index (κ2) is 7.54. The fraction of sp³-hybridized carbons (Fsp3) is 0.100. The van der Waals surface area contributed by atoms with Gasteiger partial charge in [-0.3, -0.25) is 10.2 Å². The molecule has 0 spiro atoms. The van der Waals surface area contributed by atoms with Gasteiger partial charge in [-0.05, 0) is 23.8 Å².